The molecular formula is C6CoFeKN6-. The van der Waals surface area contributed by atoms with Crippen LogP contribution in [0.5, 0.6) is 0 Å². The van der Waals surface area contributed by atoms with E-state index >= 15 is 0 Å². The van der Waals surface area contributed by atoms with Crippen LogP contribution < -0.4 is 51.4 Å². The van der Waals surface area contributed by atoms with Gasteiger partial charge in [-0.25, -0.2) is 0 Å². The smallest absolute Gasteiger partial charge is 0.512 e. The normalized spacial score (nSPS) is 0.800. The quantitative estimate of drug-likeness (QED) is 0.360. The van der Waals surface area contributed by atoms with E-state index in [0.29, 0.717) is 0 Å². The second-order valence-corrected chi connectivity index (χ2v) is 0. The van der Waals surface area contributed by atoms with Crippen LogP contribution in [0.4, 0.5) is 0 Å². The van der Waals surface area contributed by atoms with Gasteiger partial charge in [0.15, 0.2) is 0 Å². The molecular weight excluding hydrogens is 310 g/mol. The summed E-state index contributed by atoms with van der Waals surface area (Å²) in [5.74, 6) is 0. The summed E-state index contributed by atoms with van der Waals surface area (Å²) in [4.78, 5) is 0. The molecule has 0 aliphatic heterocycles. The Hall–Kier alpha value is -0.398. The number of nitrogens with zero attached hydrogens (tertiary/aromatic N) is 6. The van der Waals surface area contributed by atoms with Crippen LogP contribution in [-0.2, 0) is 33.8 Å². The van der Waals surface area contributed by atoms with Gasteiger partial charge in [0.2, 0.25) is 0 Å². The average Bonchev–Trinajstić information content (AvgIpc) is 2.33. The van der Waals surface area contributed by atoms with Crippen LogP contribution >= 0.6 is 0 Å². The Bertz CT molecular complexity index is 103. The predicted molar refractivity (Wildman–Crippen MR) is 29.8 cm³/mol. The van der Waals surface area contributed by atoms with Gasteiger partial charge in [-0.05, 0) is 0 Å². The molecule has 0 spiro atoms. The summed E-state index contributed by atoms with van der Waals surface area (Å²) < 4.78 is 0. The van der Waals surface area contributed by atoms with Crippen LogP contribution in [0.3, 0.4) is 0 Å². The minimum atomic E-state index is 0. The summed E-state index contributed by atoms with van der Waals surface area (Å²) in [5, 5.41) is 37.5. The first-order valence-electron chi connectivity index (χ1n) is 1.34. The van der Waals surface area contributed by atoms with Gasteiger partial charge in [-0.3, -0.25) is 0 Å². The van der Waals surface area contributed by atoms with Gasteiger partial charge in [0, 0.05) is 0 Å². The SMILES string of the molecule is [C-]#N.[C-]#N.[C-]#N.[C-]#N.[C-]#N.[C-]#N.[Co+2].[Fe+2].[K+]. The zero-order valence-electron chi connectivity index (χ0n) is 7.37. The molecule has 0 aromatic rings. The third kappa shape index (κ3) is 11600. The molecule has 0 fully saturated rings. The maximum Gasteiger partial charge on any atom is 2.00 e. The Kier molecular flexibility index (Phi) is 78400. The zero-order chi connectivity index (χ0) is 12.0. The van der Waals surface area contributed by atoms with E-state index in [1.54, 1.807) is 0 Å². The molecule has 0 aromatic heterocycles. The van der Waals surface area contributed by atoms with Crippen LogP contribution in [0, 0.1) is 71.0 Å². The molecule has 0 N–H and O–H groups in total. The molecule has 0 saturated carbocycles. The molecule has 0 heterocycles. The second kappa shape index (κ2) is 13700. The topological polar surface area (TPSA) is 143 Å². The van der Waals surface area contributed by atoms with Gasteiger partial charge in [-0.1, -0.05) is 0 Å². The number of rotatable bonds is 0. The fourth-order valence-corrected chi connectivity index (χ4v) is 0. The Morgan fingerprint density at radius 3 is 0.400 bits per heavy atom. The van der Waals surface area contributed by atoms with Gasteiger partial charge in [-0.15, -0.1) is 0 Å². The van der Waals surface area contributed by atoms with E-state index in [9.17, 15) is 0 Å². The van der Waals surface area contributed by atoms with Crippen molar-refractivity contribution in [2.45, 2.75) is 0 Å². The molecule has 0 bridgehead atoms. The molecule has 6 nitrogen and oxygen atoms in total. The van der Waals surface area contributed by atoms with Gasteiger partial charge in [0.25, 0.3) is 0 Å². The van der Waals surface area contributed by atoms with Gasteiger partial charge in [0.1, 0.15) is 0 Å². The Labute approximate surface area is 154 Å². The molecule has 0 unspecified atom stereocenters. The predicted octanol–water partition coefficient (Wildman–Crippen LogP) is -2.42. The van der Waals surface area contributed by atoms with Crippen LogP contribution in [0.2, 0.25) is 0 Å². The van der Waals surface area contributed by atoms with Crippen molar-refractivity contribution in [1.29, 1.82) is 31.6 Å². The summed E-state index contributed by atoms with van der Waals surface area (Å²) >= 11 is 0. The summed E-state index contributed by atoms with van der Waals surface area (Å²) in [7, 11) is 0. The van der Waals surface area contributed by atoms with Crippen molar-refractivity contribution >= 4 is 0 Å². The largest absolute Gasteiger partial charge is 2.00 e. The van der Waals surface area contributed by atoms with E-state index in [1.807, 2.05) is 0 Å². The van der Waals surface area contributed by atoms with Crippen molar-refractivity contribution in [1.82, 2.24) is 0 Å². The average molecular weight is 310 g/mol. The van der Waals surface area contributed by atoms with Crippen molar-refractivity contribution in [3.05, 3.63) is 39.4 Å². The van der Waals surface area contributed by atoms with Crippen molar-refractivity contribution in [2.75, 3.05) is 0 Å². The molecule has 0 atom stereocenters. The van der Waals surface area contributed by atoms with E-state index in [4.69, 9.17) is 71.0 Å². The first-order chi connectivity index (χ1) is 6.00. The first kappa shape index (κ1) is 86.1. The molecule has 9 heteroatoms. The molecule has 0 aliphatic carbocycles. The molecule has 0 aromatic carbocycles. The van der Waals surface area contributed by atoms with E-state index in [0.717, 1.165) is 0 Å². The van der Waals surface area contributed by atoms with Gasteiger partial charge in [-0.2, -0.15) is 0 Å². The molecule has 1 radical (unpaired) electrons. The van der Waals surface area contributed by atoms with E-state index in [2.05, 4.69) is 0 Å². The number of hydrogen-bond acceptors (Lipinski definition) is 6. The molecule has 0 aliphatic rings. The fraction of sp³-hybridized carbons (Fsp3) is 0. The third-order valence-corrected chi connectivity index (χ3v) is 0. The minimum absolute atomic E-state index is 0. The molecule has 73 valence electrons. The van der Waals surface area contributed by atoms with Crippen LogP contribution in [-0.4, -0.2) is 0 Å². The first-order valence-corrected chi connectivity index (χ1v) is 1.34. The molecule has 0 saturated heterocycles. The maximum atomic E-state index is 6.25. The van der Waals surface area contributed by atoms with Crippen LogP contribution in [0.15, 0.2) is 0 Å². The molecule has 0 amide bonds. The van der Waals surface area contributed by atoms with Gasteiger partial charge < -0.3 is 71.0 Å². The fourth-order valence-electron chi connectivity index (χ4n) is 0. The number of hydrogen-bond donors (Lipinski definition) is 0. The summed E-state index contributed by atoms with van der Waals surface area (Å²) in [6.45, 7) is 28.5. The Morgan fingerprint density at radius 1 is 0.400 bits per heavy atom. The summed E-state index contributed by atoms with van der Waals surface area (Å²) in [5.41, 5.74) is 0. The van der Waals surface area contributed by atoms with E-state index in [-0.39, 0.29) is 85.2 Å². The van der Waals surface area contributed by atoms with Crippen LogP contribution in [0.1, 0.15) is 0 Å². The van der Waals surface area contributed by atoms with Crippen LogP contribution in [0.25, 0.3) is 0 Å². The Morgan fingerprint density at radius 2 is 0.400 bits per heavy atom. The minimum Gasteiger partial charge on any atom is -0.512 e. The zero-order valence-corrected chi connectivity index (χ0v) is 12.6. The maximum absolute atomic E-state index is 6.25. The third-order valence-electron chi connectivity index (χ3n) is 0. The van der Waals surface area contributed by atoms with Crippen molar-refractivity contribution in [3.8, 4) is 0 Å². The monoisotopic (exact) mass is 310 g/mol. The second-order valence-electron chi connectivity index (χ2n) is 0. The van der Waals surface area contributed by atoms with Crippen molar-refractivity contribution < 1.29 is 85.2 Å². The van der Waals surface area contributed by atoms with Crippen molar-refractivity contribution in [3.63, 3.8) is 0 Å². The Balaban J connectivity index is -0.00000000396. The van der Waals surface area contributed by atoms with E-state index < -0.39 is 0 Å². The van der Waals surface area contributed by atoms with Gasteiger partial charge >= 0.3 is 85.2 Å². The molecule has 0 rings (SSSR count). The summed E-state index contributed by atoms with van der Waals surface area (Å²) in [6, 6.07) is 0. The van der Waals surface area contributed by atoms with E-state index in [1.165, 1.54) is 0 Å². The standard InChI is InChI=1S/6CN.Co.Fe.K/c6*1-2;;;/q6*-1;2*+2;+1. The summed E-state index contributed by atoms with van der Waals surface area (Å²) in [6.07, 6.45) is 0. The van der Waals surface area contributed by atoms with Gasteiger partial charge in [0.05, 0.1) is 0 Å². The van der Waals surface area contributed by atoms with Crippen molar-refractivity contribution in [2.24, 2.45) is 0 Å². The molecule has 15 heavy (non-hydrogen) atoms.